The Morgan fingerprint density at radius 1 is 1.08 bits per heavy atom. The third kappa shape index (κ3) is 6.35. The lowest BCUT2D eigenvalue weighted by Crippen LogP contribution is -2.45. The van der Waals surface area contributed by atoms with Crippen LogP contribution in [0.3, 0.4) is 0 Å². The first-order valence-electron chi connectivity index (χ1n) is 11.1. The second-order valence-corrected chi connectivity index (χ2v) is 8.92. The van der Waals surface area contributed by atoms with Crippen molar-refractivity contribution in [1.29, 1.82) is 0 Å². The number of ether oxygens (including phenoxy) is 2. The molecule has 0 spiro atoms. The quantitative estimate of drug-likeness (QED) is 0.383. The number of esters is 1. The number of rotatable bonds is 7. The van der Waals surface area contributed by atoms with Crippen LogP contribution in [0.5, 0.6) is 0 Å². The predicted octanol–water partition coefficient (Wildman–Crippen LogP) is 2.96. The molecule has 0 bridgehead atoms. The van der Waals surface area contributed by atoms with Crippen LogP contribution < -0.4 is 10.6 Å². The van der Waals surface area contributed by atoms with Gasteiger partial charge in [-0.2, -0.15) is 0 Å². The average Bonchev–Trinajstić information content (AvgIpc) is 3.21. The molecule has 10 heteroatoms. The largest absolute Gasteiger partial charge is 0.467 e. The van der Waals surface area contributed by atoms with Crippen molar-refractivity contribution in [2.24, 2.45) is 0 Å². The van der Waals surface area contributed by atoms with E-state index in [1.165, 1.54) is 23.9 Å². The lowest BCUT2D eigenvalue weighted by molar-refractivity contribution is -0.144. The number of aromatic nitrogens is 2. The van der Waals surface area contributed by atoms with E-state index in [2.05, 4.69) is 22.2 Å². The summed E-state index contributed by atoms with van der Waals surface area (Å²) >= 11 is 0. The normalized spacial score (nSPS) is 11.9. The van der Waals surface area contributed by atoms with Gasteiger partial charge in [-0.15, -0.1) is 0 Å². The zero-order valence-corrected chi connectivity index (χ0v) is 20.5. The second kappa shape index (κ2) is 10.9. The Bertz CT molecular complexity index is 1310. The smallest absolute Gasteiger partial charge is 0.419 e. The molecule has 0 unspecified atom stereocenters. The van der Waals surface area contributed by atoms with Crippen molar-refractivity contribution in [2.75, 3.05) is 7.11 Å². The Morgan fingerprint density at radius 3 is 2.42 bits per heavy atom. The molecular weight excluding hydrogens is 464 g/mol. The Kier molecular flexibility index (Phi) is 7.88. The van der Waals surface area contributed by atoms with Crippen LogP contribution in [-0.4, -0.2) is 52.2 Å². The highest BCUT2D eigenvalue weighted by atomic mass is 16.6. The van der Waals surface area contributed by atoms with Gasteiger partial charge in [-0.3, -0.25) is 19.1 Å². The molecule has 1 aromatic carbocycles. The minimum Gasteiger partial charge on any atom is -0.467 e. The zero-order valence-electron chi connectivity index (χ0n) is 20.5. The second-order valence-electron chi connectivity index (χ2n) is 8.92. The van der Waals surface area contributed by atoms with E-state index < -0.39 is 35.5 Å². The molecule has 0 aliphatic rings. The fourth-order valence-corrected chi connectivity index (χ4v) is 3.43. The number of carbonyl (C=O) groups excluding carboxylic acids is 4. The van der Waals surface area contributed by atoms with Gasteiger partial charge < -0.3 is 20.1 Å². The highest BCUT2D eigenvalue weighted by Crippen LogP contribution is 2.24. The fourth-order valence-electron chi connectivity index (χ4n) is 3.43. The maximum atomic E-state index is 12.8. The molecule has 0 aliphatic heterocycles. The number of nitrogens with one attached hydrogen (secondary N) is 2. The van der Waals surface area contributed by atoms with E-state index in [9.17, 15) is 19.2 Å². The Balaban J connectivity index is 1.81. The minimum atomic E-state index is -1.12. The number of methoxy groups -OCH3 is 1. The summed E-state index contributed by atoms with van der Waals surface area (Å²) in [5.41, 5.74) is 0.325. The number of pyridine rings is 1. The van der Waals surface area contributed by atoms with Crippen molar-refractivity contribution in [2.45, 2.75) is 38.8 Å². The van der Waals surface area contributed by atoms with E-state index in [1.54, 1.807) is 63.4 Å². The standard InChI is InChI=1S/C26H28N4O6/c1-16(28-23(32)19-11-8-9-13-27-19)22(31)29-20(24(33)35-5)14-17-15-30(25(34)36-26(2,3)4)21-12-7-6-10-18(17)21/h6-13,15,20H,1,14H2,2-5H3,(H,28,32)(H,29,31)/t20-/m0/s1. The van der Waals surface area contributed by atoms with Gasteiger partial charge in [-0.25, -0.2) is 9.59 Å². The van der Waals surface area contributed by atoms with Gasteiger partial charge in [0.2, 0.25) is 0 Å². The fraction of sp³-hybridized carbons (Fsp3) is 0.269. The first kappa shape index (κ1) is 26.1. The number of hydrogen-bond donors (Lipinski definition) is 2. The molecule has 0 fully saturated rings. The molecular formula is C26H28N4O6. The molecule has 36 heavy (non-hydrogen) atoms. The molecule has 2 heterocycles. The number of fused-ring (bicyclic) bond motifs is 1. The van der Waals surface area contributed by atoms with Crippen molar-refractivity contribution in [3.05, 3.63) is 78.4 Å². The van der Waals surface area contributed by atoms with Crippen LogP contribution in [0.2, 0.25) is 0 Å². The molecule has 0 saturated heterocycles. The van der Waals surface area contributed by atoms with Gasteiger partial charge >= 0.3 is 12.1 Å². The van der Waals surface area contributed by atoms with Crippen LogP contribution in [0.25, 0.3) is 10.9 Å². The summed E-state index contributed by atoms with van der Waals surface area (Å²) in [6, 6.07) is 10.8. The van der Waals surface area contributed by atoms with Gasteiger partial charge in [0.15, 0.2) is 0 Å². The third-order valence-electron chi connectivity index (χ3n) is 5.04. The molecule has 10 nitrogen and oxygen atoms in total. The molecule has 2 amide bonds. The molecule has 0 radical (unpaired) electrons. The summed E-state index contributed by atoms with van der Waals surface area (Å²) in [6.45, 7) is 8.88. The molecule has 2 aromatic heterocycles. The summed E-state index contributed by atoms with van der Waals surface area (Å²) in [4.78, 5) is 54.2. The average molecular weight is 493 g/mol. The van der Waals surface area contributed by atoms with Gasteiger partial charge in [0, 0.05) is 24.2 Å². The van der Waals surface area contributed by atoms with Crippen LogP contribution in [-0.2, 0) is 25.5 Å². The molecule has 3 aromatic rings. The topological polar surface area (TPSA) is 129 Å². The van der Waals surface area contributed by atoms with Gasteiger partial charge in [-0.1, -0.05) is 30.8 Å². The Labute approximate surface area is 208 Å². The van der Waals surface area contributed by atoms with Crippen LogP contribution in [0.15, 0.2) is 67.1 Å². The first-order chi connectivity index (χ1) is 17.0. The SMILES string of the molecule is C=C(NC(=O)c1ccccn1)C(=O)N[C@@H](Cc1cn(C(=O)OC(C)(C)C)c2ccccc12)C(=O)OC. The van der Waals surface area contributed by atoms with Crippen LogP contribution >= 0.6 is 0 Å². The van der Waals surface area contributed by atoms with Crippen LogP contribution in [0.1, 0.15) is 36.8 Å². The minimum absolute atomic E-state index is 0.0101. The van der Waals surface area contributed by atoms with Crippen molar-refractivity contribution in [1.82, 2.24) is 20.2 Å². The number of benzene rings is 1. The van der Waals surface area contributed by atoms with Crippen molar-refractivity contribution >= 4 is 34.8 Å². The molecule has 3 rings (SSSR count). The third-order valence-corrected chi connectivity index (χ3v) is 5.04. The van der Waals surface area contributed by atoms with E-state index in [1.807, 2.05) is 0 Å². The molecule has 188 valence electrons. The van der Waals surface area contributed by atoms with Gasteiger partial charge in [0.05, 0.1) is 18.3 Å². The lowest BCUT2D eigenvalue weighted by atomic mass is 10.0. The van der Waals surface area contributed by atoms with E-state index in [0.717, 1.165) is 0 Å². The highest BCUT2D eigenvalue weighted by Gasteiger charge is 2.27. The zero-order chi connectivity index (χ0) is 26.5. The first-order valence-corrected chi connectivity index (χ1v) is 11.1. The van der Waals surface area contributed by atoms with E-state index in [0.29, 0.717) is 16.5 Å². The summed E-state index contributed by atoms with van der Waals surface area (Å²) in [7, 11) is 1.20. The summed E-state index contributed by atoms with van der Waals surface area (Å²) in [5.74, 6) is -2.10. The lowest BCUT2D eigenvalue weighted by Gasteiger charge is -2.19. The molecule has 2 N–H and O–H groups in total. The van der Waals surface area contributed by atoms with E-state index >= 15 is 0 Å². The van der Waals surface area contributed by atoms with Gasteiger partial charge in [0.1, 0.15) is 17.3 Å². The van der Waals surface area contributed by atoms with Crippen molar-refractivity contribution in [3.63, 3.8) is 0 Å². The summed E-state index contributed by atoms with van der Waals surface area (Å²) < 4.78 is 11.7. The van der Waals surface area contributed by atoms with Crippen LogP contribution in [0, 0.1) is 0 Å². The molecule has 1 atom stereocenters. The van der Waals surface area contributed by atoms with Gasteiger partial charge in [-0.05, 0) is 44.5 Å². The maximum Gasteiger partial charge on any atom is 0.419 e. The maximum absolute atomic E-state index is 12.8. The van der Waals surface area contributed by atoms with Crippen molar-refractivity contribution < 1.29 is 28.7 Å². The monoisotopic (exact) mass is 492 g/mol. The summed E-state index contributed by atoms with van der Waals surface area (Å²) in [6.07, 6.45) is 2.45. The Morgan fingerprint density at radius 2 is 1.78 bits per heavy atom. The number of amides is 2. The van der Waals surface area contributed by atoms with E-state index in [4.69, 9.17) is 9.47 Å². The number of para-hydroxylation sites is 1. The molecule has 0 saturated carbocycles. The van der Waals surface area contributed by atoms with Crippen LogP contribution in [0.4, 0.5) is 4.79 Å². The van der Waals surface area contributed by atoms with E-state index in [-0.39, 0.29) is 17.8 Å². The molecule has 0 aliphatic carbocycles. The number of carbonyl (C=O) groups is 4. The van der Waals surface area contributed by atoms with Gasteiger partial charge in [0.25, 0.3) is 11.8 Å². The highest BCUT2D eigenvalue weighted by molar-refractivity contribution is 6.02. The summed E-state index contributed by atoms with van der Waals surface area (Å²) in [5, 5.41) is 5.61. The Hall–Kier alpha value is -4.47. The van der Waals surface area contributed by atoms with Crippen molar-refractivity contribution in [3.8, 4) is 0 Å². The predicted molar refractivity (Wildman–Crippen MR) is 132 cm³/mol. The number of hydrogen-bond acceptors (Lipinski definition) is 7. The number of nitrogens with zero attached hydrogens (tertiary/aromatic N) is 2.